The lowest BCUT2D eigenvalue weighted by Crippen LogP contribution is -2.41. The van der Waals surface area contributed by atoms with Gasteiger partial charge in [0.25, 0.3) is 0 Å². The van der Waals surface area contributed by atoms with Gasteiger partial charge in [-0.15, -0.1) is 0 Å². The number of aliphatic imine (C=N–C) groups is 1. The van der Waals surface area contributed by atoms with Gasteiger partial charge in [0.15, 0.2) is 5.96 Å². The second kappa shape index (κ2) is 11.5. The third-order valence-corrected chi connectivity index (χ3v) is 5.66. The summed E-state index contributed by atoms with van der Waals surface area (Å²) in [7, 11) is 1.79. The highest BCUT2D eigenvalue weighted by Crippen LogP contribution is 2.20. The molecular formula is C26H33N5O2. The van der Waals surface area contributed by atoms with Crippen molar-refractivity contribution in [1.82, 2.24) is 15.6 Å². The van der Waals surface area contributed by atoms with Crippen LogP contribution >= 0.6 is 0 Å². The molecule has 3 aromatic rings. The summed E-state index contributed by atoms with van der Waals surface area (Å²) in [6.07, 6.45) is 2.98. The average molecular weight is 448 g/mol. The summed E-state index contributed by atoms with van der Waals surface area (Å²) < 4.78 is 11.6. The van der Waals surface area contributed by atoms with Crippen LogP contribution in [-0.2, 0) is 11.3 Å². The number of hydrogen-bond donors (Lipinski definition) is 2. The molecule has 1 aliphatic rings. The second-order valence-electron chi connectivity index (χ2n) is 8.21. The highest BCUT2D eigenvalue weighted by atomic mass is 16.5. The van der Waals surface area contributed by atoms with Crippen LogP contribution < -0.4 is 20.3 Å². The minimum atomic E-state index is 0.232. The Balaban J connectivity index is 1.18. The number of rotatable bonds is 8. The minimum Gasteiger partial charge on any atom is -0.494 e. The molecule has 0 amide bonds. The van der Waals surface area contributed by atoms with Crippen LogP contribution in [0.25, 0.3) is 10.8 Å². The largest absolute Gasteiger partial charge is 0.494 e. The molecule has 0 aliphatic carbocycles. The summed E-state index contributed by atoms with van der Waals surface area (Å²) in [6, 6.07) is 18.7. The number of nitrogens with one attached hydrogen (secondary N) is 2. The standard InChI is InChI=1S/C26H33N5O2/c1-20-19-31(13-15-32-20)25-16-21(10-12-28-25)18-30-26(27-2)29-11-5-14-33-24-9-8-22-6-3-4-7-23(22)17-24/h3-4,6-10,12,16-17,20H,5,11,13-15,18-19H2,1-2H3,(H2,27,29,30). The number of hydrogen-bond acceptors (Lipinski definition) is 5. The van der Waals surface area contributed by atoms with E-state index in [1.165, 1.54) is 16.3 Å². The lowest BCUT2D eigenvalue weighted by Gasteiger charge is -2.32. The van der Waals surface area contributed by atoms with Crippen molar-refractivity contribution < 1.29 is 9.47 Å². The Morgan fingerprint density at radius 3 is 2.88 bits per heavy atom. The number of ether oxygens (including phenoxy) is 2. The van der Waals surface area contributed by atoms with Gasteiger partial charge in [0.05, 0.1) is 19.3 Å². The van der Waals surface area contributed by atoms with E-state index in [0.29, 0.717) is 13.2 Å². The van der Waals surface area contributed by atoms with Gasteiger partial charge in [-0.25, -0.2) is 4.98 Å². The van der Waals surface area contributed by atoms with E-state index in [2.05, 4.69) is 62.8 Å². The van der Waals surface area contributed by atoms with Crippen LogP contribution in [0.4, 0.5) is 5.82 Å². The molecule has 2 N–H and O–H groups in total. The Bertz CT molecular complexity index is 1070. The highest BCUT2D eigenvalue weighted by Gasteiger charge is 2.18. The number of nitrogens with zero attached hydrogens (tertiary/aromatic N) is 3. The molecule has 174 valence electrons. The van der Waals surface area contributed by atoms with E-state index in [-0.39, 0.29) is 6.10 Å². The summed E-state index contributed by atoms with van der Waals surface area (Å²) in [5.41, 5.74) is 1.17. The van der Waals surface area contributed by atoms with Gasteiger partial charge in [-0.1, -0.05) is 30.3 Å². The second-order valence-corrected chi connectivity index (χ2v) is 8.21. The molecule has 7 heteroatoms. The first kappa shape index (κ1) is 22.9. The normalized spacial score (nSPS) is 16.6. The molecule has 4 rings (SSSR count). The Hall–Kier alpha value is -3.32. The van der Waals surface area contributed by atoms with Crippen molar-refractivity contribution in [3.63, 3.8) is 0 Å². The van der Waals surface area contributed by atoms with Crippen molar-refractivity contribution in [2.24, 2.45) is 4.99 Å². The third-order valence-electron chi connectivity index (χ3n) is 5.66. The van der Waals surface area contributed by atoms with Crippen LogP contribution in [0.3, 0.4) is 0 Å². The van der Waals surface area contributed by atoms with E-state index in [4.69, 9.17) is 9.47 Å². The maximum Gasteiger partial charge on any atom is 0.191 e. The van der Waals surface area contributed by atoms with Crippen LogP contribution in [0.5, 0.6) is 5.75 Å². The molecule has 1 aliphatic heterocycles. The topological polar surface area (TPSA) is 71.0 Å². The summed E-state index contributed by atoms with van der Waals surface area (Å²) in [5.74, 6) is 2.68. The van der Waals surface area contributed by atoms with E-state index in [0.717, 1.165) is 50.2 Å². The third kappa shape index (κ3) is 6.58. The quantitative estimate of drug-likeness (QED) is 0.312. The van der Waals surface area contributed by atoms with Crippen molar-refractivity contribution in [3.8, 4) is 5.75 Å². The molecule has 0 radical (unpaired) electrons. The summed E-state index contributed by atoms with van der Waals surface area (Å²) in [6.45, 7) is 6.69. The van der Waals surface area contributed by atoms with E-state index in [1.807, 2.05) is 30.5 Å². The van der Waals surface area contributed by atoms with E-state index in [1.54, 1.807) is 7.05 Å². The summed E-state index contributed by atoms with van der Waals surface area (Å²) in [4.78, 5) is 11.1. The lowest BCUT2D eigenvalue weighted by molar-refractivity contribution is 0.0529. The van der Waals surface area contributed by atoms with Crippen molar-refractivity contribution in [2.75, 3.05) is 44.8 Å². The van der Waals surface area contributed by atoms with Gasteiger partial charge in [-0.2, -0.15) is 0 Å². The molecule has 7 nitrogen and oxygen atoms in total. The number of benzene rings is 2. The van der Waals surface area contributed by atoms with Crippen molar-refractivity contribution in [1.29, 1.82) is 0 Å². The van der Waals surface area contributed by atoms with E-state index >= 15 is 0 Å². The van der Waals surface area contributed by atoms with Crippen LogP contribution in [0.1, 0.15) is 18.9 Å². The molecule has 1 aromatic heterocycles. The predicted octanol–water partition coefficient (Wildman–Crippen LogP) is 3.59. The molecule has 0 spiro atoms. The summed E-state index contributed by atoms with van der Waals surface area (Å²) in [5, 5.41) is 9.15. The molecule has 0 saturated carbocycles. The smallest absolute Gasteiger partial charge is 0.191 e. The van der Waals surface area contributed by atoms with Crippen molar-refractivity contribution in [3.05, 3.63) is 66.4 Å². The zero-order chi connectivity index (χ0) is 22.9. The van der Waals surface area contributed by atoms with Gasteiger partial charge >= 0.3 is 0 Å². The summed E-state index contributed by atoms with van der Waals surface area (Å²) >= 11 is 0. The zero-order valence-corrected chi connectivity index (χ0v) is 19.5. The number of morpholine rings is 1. The number of guanidine groups is 1. The van der Waals surface area contributed by atoms with E-state index in [9.17, 15) is 0 Å². The highest BCUT2D eigenvalue weighted by molar-refractivity contribution is 5.83. The molecular weight excluding hydrogens is 414 g/mol. The van der Waals surface area contributed by atoms with Gasteiger partial charge in [0.1, 0.15) is 11.6 Å². The fourth-order valence-corrected chi connectivity index (χ4v) is 3.90. The Morgan fingerprint density at radius 2 is 2.03 bits per heavy atom. The first-order chi connectivity index (χ1) is 16.2. The minimum absolute atomic E-state index is 0.232. The lowest BCUT2D eigenvalue weighted by atomic mass is 10.1. The maximum atomic E-state index is 5.92. The van der Waals surface area contributed by atoms with Gasteiger partial charge in [-0.05, 0) is 53.9 Å². The molecule has 1 unspecified atom stereocenters. The van der Waals surface area contributed by atoms with Gasteiger partial charge in [-0.3, -0.25) is 4.99 Å². The fraction of sp³-hybridized carbons (Fsp3) is 0.385. The van der Waals surface area contributed by atoms with Crippen LogP contribution in [0.15, 0.2) is 65.8 Å². The monoisotopic (exact) mass is 447 g/mol. The van der Waals surface area contributed by atoms with Crippen molar-refractivity contribution in [2.45, 2.75) is 26.0 Å². The first-order valence-electron chi connectivity index (χ1n) is 11.6. The number of fused-ring (bicyclic) bond motifs is 1. The zero-order valence-electron chi connectivity index (χ0n) is 19.5. The molecule has 1 saturated heterocycles. The number of pyridine rings is 1. The van der Waals surface area contributed by atoms with Gasteiger partial charge in [0, 0.05) is 39.4 Å². The number of aromatic nitrogens is 1. The SMILES string of the molecule is CN=C(NCCCOc1ccc2ccccc2c1)NCc1ccnc(N2CCOC(C)C2)c1. The van der Waals surface area contributed by atoms with Crippen molar-refractivity contribution >= 4 is 22.5 Å². The predicted molar refractivity (Wildman–Crippen MR) is 134 cm³/mol. The molecule has 2 heterocycles. The molecule has 0 bridgehead atoms. The number of anilines is 1. The fourth-order valence-electron chi connectivity index (χ4n) is 3.90. The van der Waals surface area contributed by atoms with Gasteiger partial charge in [0.2, 0.25) is 0 Å². The molecule has 2 aromatic carbocycles. The Labute approximate surface area is 195 Å². The van der Waals surface area contributed by atoms with E-state index < -0.39 is 0 Å². The average Bonchev–Trinajstić information content (AvgIpc) is 2.86. The van der Waals surface area contributed by atoms with Crippen LogP contribution in [-0.4, -0.2) is 56.9 Å². The molecule has 33 heavy (non-hydrogen) atoms. The Kier molecular flexibility index (Phi) is 7.98. The molecule has 1 atom stereocenters. The maximum absolute atomic E-state index is 5.92. The van der Waals surface area contributed by atoms with Crippen LogP contribution in [0.2, 0.25) is 0 Å². The van der Waals surface area contributed by atoms with Crippen LogP contribution in [0, 0.1) is 0 Å². The Morgan fingerprint density at radius 1 is 1.15 bits per heavy atom. The van der Waals surface area contributed by atoms with Gasteiger partial charge < -0.3 is 25.0 Å². The molecule has 1 fully saturated rings. The first-order valence-corrected chi connectivity index (χ1v) is 11.6.